The predicted octanol–water partition coefficient (Wildman–Crippen LogP) is 4.68. The molecule has 0 aliphatic carbocycles. The van der Waals surface area contributed by atoms with Crippen molar-refractivity contribution in [3.8, 4) is 11.3 Å². The molecule has 2 amide bonds. The van der Waals surface area contributed by atoms with E-state index < -0.39 is 47.3 Å². The number of aliphatic hydroxyl groups excluding tert-OH is 1. The van der Waals surface area contributed by atoms with Crippen molar-refractivity contribution in [1.29, 1.82) is 0 Å². The molecule has 2 fully saturated rings. The molecule has 4 atom stereocenters. The number of amides is 2. The number of nitrogens with one attached hydrogen (secondary N) is 2. The number of alkyl halides is 1. The Bertz CT molecular complexity index is 1380. The molecule has 0 radical (unpaired) electrons. The second kappa shape index (κ2) is 13.5. The van der Waals surface area contributed by atoms with Gasteiger partial charge in [0.25, 0.3) is 0 Å². The second-order valence-corrected chi connectivity index (χ2v) is 12.0. The molecule has 2 aliphatic heterocycles. The lowest BCUT2D eigenvalue weighted by atomic mass is 9.74. The van der Waals surface area contributed by atoms with Crippen LogP contribution in [0.25, 0.3) is 11.3 Å². The summed E-state index contributed by atoms with van der Waals surface area (Å²) in [5, 5.41) is 15.7. The first-order chi connectivity index (χ1) is 20.7. The van der Waals surface area contributed by atoms with E-state index in [0.717, 1.165) is 23.8 Å². The molecule has 3 heterocycles. The minimum Gasteiger partial charge on any atom is -0.394 e. The third kappa shape index (κ3) is 7.05. The highest BCUT2D eigenvalue weighted by atomic mass is 19.1. The number of hydrogen-bond donors (Lipinski definition) is 3. The highest BCUT2D eigenvalue weighted by Gasteiger charge is 2.46. The molecule has 3 N–H and O–H groups in total. The maximum atomic E-state index is 15.1. The molecule has 0 saturated carbocycles. The smallest absolute Gasteiger partial charge is 0.318 e. The van der Waals surface area contributed by atoms with Gasteiger partial charge in [0.1, 0.15) is 23.6 Å². The Kier molecular flexibility index (Phi) is 9.73. The Morgan fingerprint density at radius 2 is 1.95 bits per heavy atom. The first-order valence-electron chi connectivity index (χ1n) is 14.9. The lowest BCUT2D eigenvalue weighted by Gasteiger charge is -2.46. The van der Waals surface area contributed by atoms with Gasteiger partial charge in [0.15, 0.2) is 0 Å². The van der Waals surface area contributed by atoms with Gasteiger partial charge in [-0.3, -0.25) is 0 Å². The summed E-state index contributed by atoms with van der Waals surface area (Å²) in [4.78, 5) is 20.6. The van der Waals surface area contributed by atoms with Crippen LogP contribution in [0, 0.1) is 23.0 Å². The van der Waals surface area contributed by atoms with Crippen molar-refractivity contribution in [2.45, 2.75) is 51.5 Å². The van der Waals surface area contributed by atoms with Crippen LogP contribution in [0.15, 0.2) is 54.7 Å². The number of imidazole rings is 1. The van der Waals surface area contributed by atoms with E-state index in [1.54, 1.807) is 18.0 Å². The van der Waals surface area contributed by atoms with Crippen molar-refractivity contribution in [2.75, 3.05) is 39.5 Å². The summed E-state index contributed by atoms with van der Waals surface area (Å²) in [7, 11) is 0. The fraction of sp³-hybridized carbons (Fsp3) is 0.500. The van der Waals surface area contributed by atoms with Crippen LogP contribution >= 0.6 is 0 Å². The number of aromatic nitrogens is 2. The highest BCUT2D eigenvalue weighted by Crippen LogP contribution is 2.47. The van der Waals surface area contributed by atoms with Crippen LogP contribution in [-0.2, 0) is 11.3 Å². The van der Waals surface area contributed by atoms with Crippen LogP contribution in [-0.4, -0.2) is 77.3 Å². The number of nitrogens with zero attached hydrogens (tertiary/aromatic N) is 3. The largest absolute Gasteiger partial charge is 0.394 e. The number of carbonyl (C=O) groups is 1. The summed E-state index contributed by atoms with van der Waals surface area (Å²) in [5.74, 6) is -1.18. The molecule has 2 saturated heterocycles. The van der Waals surface area contributed by atoms with Crippen molar-refractivity contribution < 1.29 is 27.8 Å². The molecule has 3 aromatic rings. The first-order valence-corrected chi connectivity index (χ1v) is 14.9. The van der Waals surface area contributed by atoms with Gasteiger partial charge in [-0.1, -0.05) is 37.3 Å². The zero-order valence-electron chi connectivity index (χ0n) is 24.6. The summed E-state index contributed by atoms with van der Waals surface area (Å²) < 4.78 is 52.0. The fourth-order valence-corrected chi connectivity index (χ4v) is 6.09. The molecule has 11 heteroatoms. The van der Waals surface area contributed by atoms with Crippen LogP contribution < -0.4 is 10.6 Å². The number of ether oxygens (including phenoxy) is 1. The van der Waals surface area contributed by atoms with Crippen molar-refractivity contribution in [2.24, 2.45) is 11.3 Å². The van der Waals surface area contributed by atoms with Crippen LogP contribution in [0.1, 0.15) is 44.1 Å². The van der Waals surface area contributed by atoms with E-state index in [0.29, 0.717) is 45.0 Å². The predicted molar refractivity (Wildman–Crippen MR) is 157 cm³/mol. The van der Waals surface area contributed by atoms with Crippen molar-refractivity contribution >= 4 is 6.03 Å². The highest BCUT2D eigenvalue weighted by molar-refractivity contribution is 5.75. The Morgan fingerprint density at radius 3 is 2.63 bits per heavy atom. The maximum Gasteiger partial charge on any atom is 0.318 e. The van der Waals surface area contributed by atoms with Crippen LogP contribution in [0.3, 0.4) is 0 Å². The van der Waals surface area contributed by atoms with Gasteiger partial charge in [-0.05, 0) is 48.9 Å². The number of urea groups is 1. The molecule has 43 heavy (non-hydrogen) atoms. The number of benzene rings is 2. The van der Waals surface area contributed by atoms with Crippen molar-refractivity contribution in [3.05, 3.63) is 77.8 Å². The molecule has 0 spiro atoms. The Hall–Kier alpha value is -3.41. The molecule has 5 rings (SSSR count). The molecular formula is C32H40F3N5O3. The van der Waals surface area contributed by atoms with Crippen LogP contribution in [0.4, 0.5) is 18.0 Å². The average molecular weight is 600 g/mol. The van der Waals surface area contributed by atoms with Gasteiger partial charge >= 0.3 is 6.03 Å². The second-order valence-electron chi connectivity index (χ2n) is 12.0. The van der Waals surface area contributed by atoms with Gasteiger partial charge in [-0.25, -0.2) is 22.9 Å². The SMILES string of the molecule is C[C@@H](CO)NC(=O)N(C[C@@H]1CNC[C@@H]1F)[C@@H](c1nc(-c2cc(F)ccc2F)cn1Cc1ccccc1)C1(C)CCOCC1. The molecular weight excluding hydrogens is 559 g/mol. The Balaban J connectivity index is 1.68. The molecule has 0 bridgehead atoms. The van der Waals surface area contributed by atoms with Gasteiger partial charge in [0.2, 0.25) is 0 Å². The van der Waals surface area contributed by atoms with E-state index in [9.17, 15) is 14.3 Å². The van der Waals surface area contributed by atoms with Gasteiger partial charge in [0.05, 0.1) is 24.4 Å². The minimum atomic E-state index is -1.14. The number of hydrogen-bond acceptors (Lipinski definition) is 5. The van der Waals surface area contributed by atoms with E-state index in [4.69, 9.17) is 9.72 Å². The molecule has 2 aromatic carbocycles. The summed E-state index contributed by atoms with van der Waals surface area (Å²) in [6.07, 6.45) is 1.74. The van der Waals surface area contributed by atoms with Gasteiger partial charge in [-0.15, -0.1) is 0 Å². The molecule has 2 aliphatic rings. The lowest BCUT2D eigenvalue weighted by Crippen LogP contribution is -2.54. The summed E-state index contributed by atoms with van der Waals surface area (Å²) in [6, 6.07) is 11.2. The average Bonchev–Trinajstić information content (AvgIpc) is 3.60. The van der Waals surface area contributed by atoms with Crippen molar-refractivity contribution in [3.63, 3.8) is 0 Å². The lowest BCUT2D eigenvalue weighted by molar-refractivity contribution is -0.0284. The Morgan fingerprint density at radius 1 is 1.21 bits per heavy atom. The third-order valence-electron chi connectivity index (χ3n) is 8.65. The topological polar surface area (TPSA) is 91.6 Å². The van der Waals surface area contributed by atoms with Gasteiger partial charge in [0, 0.05) is 57.1 Å². The zero-order valence-corrected chi connectivity index (χ0v) is 24.6. The third-order valence-corrected chi connectivity index (χ3v) is 8.65. The molecule has 1 aromatic heterocycles. The van der Waals surface area contributed by atoms with Gasteiger partial charge in [-0.2, -0.15) is 0 Å². The number of halogens is 3. The molecule has 8 nitrogen and oxygen atoms in total. The molecule has 232 valence electrons. The fourth-order valence-electron chi connectivity index (χ4n) is 6.09. The number of rotatable bonds is 10. The summed E-state index contributed by atoms with van der Waals surface area (Å²) >= 11 is 0. The zero-order chi connectivity index (χ0) is 30.6. The van der Waals surface area contributed by atoms with Crippen molar-refractivity contribution in [1.82, 2.24) is 25.1 Å². The minimum absolute atomic E-state index is 0.0117. The van der Waals surface area contributed by atoms with E-state index in [1.807, 2.05) is 34.9 Å². The summed E-state index contributed by atoms with van der Waals surface area (Å²) in [5.41, 5.74) is 0.654. The monoisotopic (exact) mass is 599 g/mol. The standard InChI is InChI=1S/C32H40F3N5O3/c1-21(20-41)37-31(42)40(18-23-15-36-16-27(23)35)29(32(2)10-12-43-13-11-32)30-38-28(25-14-24(33)8-9-26(25)34)19-39(30)17-22-6-4-3-5-7-22/h3-9,14,19,21,23,27,29,36,41H,10-13,15-18,20H2,1-2H3,(H,37,42)/t21-,23-,27-,29-/m0/s1. The number of aliphatic hydroxyl groups is 1. The van der Waals surface area contributed by atoms with E-state index >= 15 is 8.78 Å². The van der Waals surface area contributed by atoms with Crippen LogP contribution in [0.2, 0.25) is 0 Å². The van der Waals surface area contributed by atoms with E-state index in [-0.39, 0.29) is 31.0 Å². The normalized spacial score (nSPS) is 21.3. The van der Waals surface area contributed by atoms with E-state index in [1.165, 1.54) is 0 Å². The molecule has 0 unspecified atom stereocenters. The van der Waals surface area contributed by atoms with Gasteiger partial charge < -0.3 is 29.9 Å². The Labute approximate surface area is 250 Å². The summed E-state index contributed by atoms with van der Waals surface area (Å²) in [6.45, 7) is 5.51. The quantitative estimate of drug-likeness (QED) is 0.315. The van der Waals surface area contributed by atoms with Crippen LogP contribution in [0.5, 0.6) is 0 Å². The maximum absolute atomic E-state index is 15.1. The number of carbonyl (C=O) groups excluding carboxylic acids is 1. The van der Waals surface area contributed by atoms with E-state index in [2.05, 4.69) is 17.6 Å². The first kappa shape index (κ1) is 31.0.